The Labute approximate surface area is 36.7 Å². The van der Waals surface area contributed by atoms with Crippen molar-refractivity contribution in [3.63, 3.8) is 0 Å². The zero-order valence-electron chi connectivity index (χ0n) is 3.48. The first kappa shape index (κ1) is 5.66. The summed E-state index contributed by atoms with van der Waals surface area (Å²) in [7, 11) is 0. The molecule has 6 heavy (non-hydrogen) atoms. The highest BCUT2D eigenvalue weighted by molar-refractivity contribution is 4.86. The summed E-state index contributed by atoms with van der Waals surface area (Å²) in [4.78, 5) is 0. The highest BCUT2D eigenvalue weighted by atomic mass is 16.5. The normalized spacial score (nSPS) is 17.3. The third-order valence-electron chi connectivity index (χ3n) is 0.595. The fraction of sp³-hybridized carbons (Fsp3) is 0.500. The molecule has 0 amide bonds. The Balaban J connectivity index is 0.000000250. The van der Waals surface area contributed by atoms with Crippen LogP contribution in [-0.4, -0.2) is 18.7 Å². The SMILES string of the molecule is C1=CCOC1.O. The fourth-order valence-electron chi connectivity index (χ4n) is 0.340. The standard InChI is InChI=1S/C4H6O.H2O/c1-2-4-5-3-1;/h1-2H,3-4H2;1H2. The Hall–Kier alpha value is -0.340. The monoisotopic (exact) mass is 88.1 g/mol. The van der Waals surface area contributed by atoms with Crippen molar-refractivity contribution >= 4 is 0 Å². The van der Waals surface area contributed by atoms with Gasteiger partial charge in [0.15, 0.2) is 0 Å². The topological polar surface area (TPSA) is 40.7 Å². The highest BCUT2D eigenvalue weighted by Crippen LogP contribution is 1.85. The number of hydrogen-bond donors (Lipinski definition) is 0. The van der Waals surface area contributed by atoms with E-state index in [1.807, 2.05) is 12.2 Å². The van der Waals surface area contributed by atoms with Crippen molar-refractivity contribution < 1.29 is 10.2 Å². The van der Waals surface area contributed by atoms with Crippen molar-refractivity contribution in [3.8, 4) is 0 Å². The van der Waals surface area contributed by atoms with Crippen LogP contribution in [0.4, 0.5) is 0 Å². The van der Waals surface area contributed by atoms with Gasteiger partial charge in [-0.25, -0.2) is 0 Å². The van der Waals surface area contributed by atoms with Crippen LogP contribution in [0.5, 0.6) is 0 Å². The molecule has 2 N–H and O–H groups in total. The zero-order chi connectivity index (χ0) is 3.54. The summed E-state index contributed by atoms with van der Waals surface area (Å²) >= 11 is 0. The van der Waals surface area contributed by atoms with Crippen LogP contribution < -0.4 is 0 Å². The maximum absolute atomic E-state index is 4.83. The molecule has 0 saturated carbocycles. The number of hydrogen-bond acceptors (Lipinski definition) is 1. The van der Waals surface area contributed by atoms with E-state index < -0.39 is 0 Å². The summed E-state index contributed by atoms with van der Waals surface area (Å²) in [5, 5.41) is 0. The summed E-state index contributed by atoms with van der Waals surface area (Å²) in [5.41, 5.74) is 0. The molecule has 1 rings (SSSR count). The van der Waals surface area contributed by atoms with Crippen molar-refractivity contribution in [1.82, 2.24) is 0 Å². The average molecular weight is 88.1 g/mol. The van der Waals surface area contributed by atoms with Crippen LogP contribution in [0.25, 0.3) is 0 Å². The van der Waals surface area contributed by atoms with E-state index in [0.29, 0.717) is 0 Å². The molecular formula is C4H8O2. The zero-order valence-corrected chi connectivity index (χ0v) is 3.48. The van der Waals surface area contributed by atoms with Crippen LogP contribution in [-0.2, 0) is 4.74 Å². The van der Waals surface area contributed by atoms with E-state index >= 15 is 0 Å². The van der Waals surface area contributed by atoms with E-state index in [4.69, 9.17) is 4.74 Å². The first-order valence-electron chi connectivity index (χ1n) is 1.73. The molecule has 1 heterocycles. The first-order chi connectivity index (χ1) is 2.50. The second-order valence-corrected chi connectivity index (χ2v) is 1.01. The molecule has 0 unspecified atom stereocenters. The maximum atomic E-state index is 4.83. The quantitative estimate of drug-likeness (QED) is 0.376. The van der Waals surface area contributed by atoms with Gasteiger partial charge < -0.3 is 10.2 Å². The number of ether oxygens (including phenoxy) is 1. The lowest BCUT2D eigenvalue weighted by Crippen LogP contribution is -1.76. The molecule has 0 radical (unpaired) electrons. The summed E-state index contributed by atoms with van der Waals surface area (Å²) in [6.07, 6.45) is 4.03. The predicted molar refractivity (Wildman–Crippen MR) is 23.6 cm³/mol. The molecule has 0 aromatic heterocycles. The minimum Gasteiger partial charge on any atom is -0.412 e. The molecule has 1 aliphatic heterocycles. The van der Waals surface area contributed by atoms with Gasteiger partial charge in [0.25, 0.3) is 0 Å². The van der Waals surface area contributed by atoms with Gasteiger partial charge in [-0.15, -0.1) is 0 Å². The lowest BCUT2D eigenvalue weighted by atomic mass is 10.6. The Bertz CT molecular complexity index is 43.5. The molecule has 2 nitrogen and oxygen atoms in total. The van der Waals surface area contributed by atoms with Crippen LogP contribution in [0.2, 0.25) is 0 Å². The van der Waals surface area contributed by atoms with E-state index in [9.17, 15) is 0 Å². The minimum atomic E-state index is 0. The summed E-state index contributed by atoms with van der Waals surface area (Å²) in [6, 6.07) is 0. The maximum Gasteiger partial charge on any atom is 0.0652 e. The molecule has 0 bridgehead atoms. The Morgan fingerprint density at radius 2 is 1.67 bits per heavy atom. The van der Waals surface area contributed by atoms with Crippen LogP contribution >= 0.6 is 0 Å². The van der Waals surface area contributed by atoms with Gasteiger partial charge in [-0.2, -0.15) is 0 Å². The van der Waals surface area contributed by atoms with Crippen molar-refractivity contribution in [3.05, 3.63) is 12.2 Å². The smallest absolute Gasteiger partial charge is 0.0652 e. The molecule has 36 valence electrons. The Kier molecular flexibility index (Phi) is 2.71. The number of rotatable bonds is 0. The molecule has 0 aliphatic carbocycles. The second-order valence-electron chi connectivity index (χ2n) is 1.01. The van der Waals surface area contributed by atoms with E-state index in [0.717, 1.165) is 13.2 Å². The average Bonchev–Trinajstić information content (AvgIpc) is 1.76. The molecule has 0 aromatic carbocycles. The Morgan fingerprint density at radius 3 is 1.83 bits per heavy atom. The van der Waals surface area contributed by atoms with Crippen LogP contribution in [0.3, 0.4) is 0 Å². The molecular weight excluding hydrogens is 80.0 g/mol. The minimum absolute atomic E-state index is 0. The molecule has 0 saturated heterocycles. The van der Waals surface area contributed by atoms with Gasteiger partial charge in [-0.05, 0) is 0 Å². The molecule has 0 fully saturated rings. The molecule has 2 heteroatoms. The van der Waals surface area contributed by atoms with Crippen LogP contribution in [0.15, 0.2) is 12.2 Å². The molecule has 0 atom stereocenters. The molecule has 0 spiro atoms. The van der Waals surface area contributed by atoms with Gasteiger partial charge in [-0.3, -0.25) is 0 Å². The summed E-state index contributed by atoms with van der Waals surface area (Å²) in [6.45, 7) is 1.64. The van der Waals surface area contributed by atoms with E-state index in [1.165, 1.54) is 0 Å². The lowest BCUT2D eigenvalue weighted by molar-refractivity contribution is 0.213. The summed E-state index contributed by atoms with van der Waals surface area (Å²) < 4.78 is 4.83. The predicted octanol–water partition coefficient (Wildman–Crippen LogP) is -0.252. The van der Waals surface area contributed by atoms with Gasteiger partial charge in [-0.1, -0.05) is 12.2 Å². The van der Waals surface area contributed by atoms with Gasteiger partial charge in [0.2, 0.25) is 0 Å². The van der Waals surface area contributed by atoms with Crippen LogP contribution in [0.1, 0.15) is 0 Å². The van der Waals surface area contributed by atoms with Crippen LogP contribution in [0, 0.1) is 0 Å². The van der Waals surface area contributed by atoms with E-state index in [2.05, 4.69) is 0 Å². The third kappa shape index (κ3) is 1.19. The van der Waals surface area contributed by atoms with Gasteiger partial charge >= 0.3 is 0 Å². The van der Waals surface area contributed by atoms with E-state index in [1.54, 1.807) is 0 Å². The first-order valence-corrected chi connectivity index (χ1v) is 1.73. The van der Waals surface area contributed by atoms with Gasteiger partial charge in [0.05, 0.1) is 13.2 Å². The lowest BCUT2D eigenvalue weighted by Gasteiger charge is -1.77. The van der Waals surface area contributed by atoms with Crippen molar-refractivity contribution in [2.75, 3.05) is 13.2 Å². The fourth-order valence-corrected chi connectivity index (χ4v) is 0.340. The summed E-state index contributed by atoms with van der Waals surface area (Å²) in [5.74, 6) is 0. The third-order valence-corrected chi connectivity index (χ3v) is 0.595. The molecule has 0 aromatic rings. The highest BCUT2D eigenvalue weighted by Gasteiger charge is 1.83. The van der Waals surface area contributed by atoms with Crippen molar-refractivity contribution in [2.45, 2.75) is 0 Å². The van der Waals surface area contributed by atoms with Crippen molar-refractivity contribution in [2.24, 2.45) is 0 Å². The van der Waals surface area contributed by atoms with E-state index in [-0.39, 0.29) is 5.48 Å². The second kappa shape index (κ2) is 2.87. The van der Waals surface area contributed by atoms with Gasteiger partial charge in [0.1, 0.15) is 0 Å². The Morgan fingerprint density at radius 1 is 1.17 bits per heavy atom. The van der Waals surface area contributed by atoms with Gasteiger partial charge in [0, 0.05) is 0 Å². The molecule has 1 aliphatic rings. The van der Waals surface area contributed by atoms with Crippen molar-refractivity contribution in [1.29, 1.82) is 0 Å². The largest absolute Gasteiger partial charge is 0.412 e.